The molecule has 0 saturated carbocycles. The zero-order valence-electron chi connectivity index (χ0n) is 7.69. The molecule has 0 unspecified atom stereocenters. The van der Waals surface area contributed by atoms with Crippen LogP contribution >= 0.6 is 12.0 Å². The third-order valence-corrected chi connectivity index (χ3v) is 2.11. The molecule has 0 bridgehead atoms. The Morgan fingerprint density at radius 2 is 2.36 bits per heavy atom. The fourth-order valence-electron chi connectivity index (χ4n) is 0.909. The Labute approximate surface area is 86.3 Å². The van der Waals surface area contributed by atoms with Gasteiger partial charge in [-0.05, 0) is 24.6 Å². The second kappa shape index (κ2) is 5.71. The van der Waals surface area contributed by atoms with Gasteiger partial charge in [0, 0.05) is 11.4 Å². The number of nitrogen functional groups attached to an aromatic ring is 1. The average molecular weight is 216 g/mol. The number of rotatable bonds is 5. The van der Waals surface area contributed by atoms with Crippen LogP contribution in [0, 0.1) is 6.92 Å². The fraction of sp³-hybridized carbons (Fsp3) is 0.250. The zero-order chi connectivity index (χ0) is 10.4. The summed E-state index contributed by atoms with van der Waals surface area (Å²) in [7, 11) is 0. The van der Waals surface area contributed by atoms with E-state index in [-0.39, 0.29) is 0 Å². The molecule has 0 fully saturated rings. The maximum Gasteiger partial charge on any atom is 0.0906 e. The monoisotopic (exact) mass is 216 g/mol. The summed E-state index contributed by atoms with van der Waals surface area (Å²) in [6.07, 6.45) is 0. The van der Waals surface area contributed by atoms with Crippen molar-refractivity contribution in [2.24, 2.45) is 0 Å². The number of hydrogen-bond donors (Lipinski definition) is 3. The van der Waals surface area contributed by atoms with Gasteiger partial charge in [-0.3, -0.25) is 0 Å². The van der Waals surface area contributed by atoms with Gasteiger partial charge >= 0.3 is 0 Å². The smallest absolute Gasteiger partial charge is 0.0906 e. The number of anilines is 2. The molecule has 5 nitrogen and oxygen atoms in total. The van der Waals surface area contributed by atoms with E-state index in [1.54, 1.807) is 0 Å². The van der Waals surface area contributed by atoms with Crippen molar-refractivity contribution < 1.29 is 14.6 Å². The Balaban J connectivity index is 2.39. The first-order valence-corrected chi connectivity index (χ1v) is 4.85. The van der Waals surface area contributed by atoms with Crippen molar-refractivity contribution in [2.45, 2.75) is 6.92 Å². The summed E-state index contributed by atoms with van der Waals surface area (Å²) in [6, 6.07) is 5.66. The number of aryl methyl sites for hydroxylation is 1. The lowest BCUT2D eigenvalue weighted by molar-refractivity contribution is -0.432. The SMILES string of the molecule is Cc1ccc(NCSOOO)cc1N. The fourth-order valence-corrected chi connectivity index (χ4v) is 1.23. The number of benzene rings is 1. The summed E-state index contributed by atoms with van der Waals surface area (Å²) >= 11 is 0.934. The van der Waals surface area contributed by atoms with E-state index in [4.69, 9.17) is 11.0 Å². The molecule has 1 aromatic carbocycles. The highest BCUT2D eigenvalue weighted by Crippen LogP contribution is 2.17. The zero-order valence-corrected chi connectivity index (χ0v) is 8.50. The topological polar surface area (TPSA) is 76.7 Å². The van der Waals surface area contributed by atoms with Gasteiger partial charge in [0.25, 0.3) is 0 Å². The molecule has 0 aromatic heterocycles. The highest BCUT2D eigenvalue weighted by Gasteiger charge is 1.96. The third kappa shape index (κ3) is 3.43. The Hall–Kier alpha value is -0.950. The molecule has 14 heavy (non-hydrogen) atoms. The van der Waals surface area contributed by atoms with Crippen LogP contribution in [0.3, 0.4) is 0 Å². The van der Waals surface area contributed by atoms with E-state index < -0.39 is 0 Å². The second-order valence-electron chi connectivity index (χ2n) is 2.65. The summed E-state index contributed by atoms with van der Waals surface area (Å²) < 4.78 is 4.19. The van der Waals surface area contributed by atoms with Crippen LogP contribution in [0.2, 0.25) is 0 Å². The van der Waals surface area contributed by atoms with Crippen molar-refractivity contribution in [3.05, 3.63) is 23.8 Å². The van der Waals surface area contributed by atoms with E-state index in [1.165, 1.54) is 0 Å². The molecule has 0 saturated heterocycles. The molecule has 0 radical (unpaired) electrons. The van der Waals surface area contributed by atoms with Crippen LogP contribution < -0.4 is 11.1 Å². The van der Waals surface area contributed by atoms with Gasteiger partial charge in [-0.2, -0.15) is 0 Å². The highest BCUT2D eigenvalue weighted by atomic mass is 32.2. The summed E-state index contributed by atoms with van der Waals surface area (Å²) in [6.45, 7) is 1.94. The molecular weight excluding hydrogens is 204 g/mol. The van der Waals surface area contributed by atoms with Gasteiger partial charge in [0.1, 0.15) is 0 Å². The van der Waals surface area contributed by atoms with Crippen molar-refractivity contribution in [2.75, 3.05) is 16.9 Å². The van der Waals surface area contributed by atoms with E-state index in [0.29, 0.717) is 5.88 Å². The number of hydrogen-bond acceptors (Lipinski definition) is 6. The lowest BCUT2D eigenvalue weighted by Gasteiger charge is -2.06. The molecule has 4 N–H and O–H groups in total. The quantitative estimate of drug-likeness (QED) is 0.174. The number of nitrogens with one attached hydrogen (secondary N) is 1. The van der Waals surface area contributed by atoms with Crippen molar-refractivity contribution in [3.63, 3.8) is 0 Å². The summed E-state index contributed by atoms with van der Waals surface area (Å²) in [5, 5.41) is 14.3. The molecule has 1 rings (SSSR count). The van der Waals surface area contributed by atoms with Crippen LogP contribution in [0.4, 0.5) is 11.4 Å². The van der Waals surface area contributed by atoms with Crippen LogP contribution in [0.5, 0.6) is 0 Å². The van der Waals surface area contributed by atoms with E-state index >= 15 is 0 Å². The Kier molecular flexibility index (Phi) is 4.54. The summed E-state index contributed by atoms with van der Waals surface area (Å²) in [5.74, 6) is 0.447. The van der Waals surface area contributed by atoms with Gasteiger partial charge in [-0.1, -0.05) is 11.1 Å². The van der Waals surface area contributed by atoms with Crippen LogP contribution in [0.15, 0.2) is 18.2 Å². The number of nitrogens with two attached hydrogens (primary N) is 1. The molecule has 0 heterocycles. The van der Waals surface area contributed by atoms with Gasteiger partial charge in [0.05, 0.1) is 17.9 Å². The van der Waals surface area contributed by atoms with Crippen molar-refractivity contribution in [3.8, 4) is 0 Å². The lowest BCUT2D eigenvalue weighted by atomic mass is 10.2. The maximum atomic E-state index is 7.85. The van der Waals surface area contributed by atoms with Gasteiger partial charge in [0.2, 0.25) is 0 Å². The highest BCUT2D eigenvalue weighted by molar-refractivity contribution is 7.94. The van der Waals surface area contributed by atoms with Gasteiger partial charge in [0.15, 0.2) is 0 Å². The lowest BCUT2D eigenvalue weighted by Crippen LogP contribution is -1.99. The minimum absolute atomic E-state index is 0.447. The first-order valence-electron chi connectivity index (χ1n) is 3.93. The third-order valence-electron chi connectivity index (χ3n) is 1.69. The van der Waals surface area contributed by atoms with Crippen molar-refractivity contribution >= 4 is 23.4 Å². The first-order chi connectivity index (χ1) is 6.74. The summed E-state index contributed by atoms with van der Waals surface area (Å²) in [5.41, 5.74) is 8.37. The van der Waals surface area contributed by atoms with Crippen LogP contribution in [0.1, 0.15) is 5.56 Å². The summed E-state index contributed by atoms with van der Waals surface area (Å²) in [4.78, 5) is 0. The van der Waals surface area contributed by atoms with Gasteiger partial charge < -0.3 is 11.1 Å². The molecule has 0 aliphatic carbocycles. The average Bonchev–Trinajstić information content (AvgIpc) is 2.18. The Bertz CT molecular complexity index is 296. The van der Waals surface area contributed by atoms with E-state index in [1.807, 2.05) is 25.1 Å². The normalized spacial score (nSPS) is 10.1. The maximum absolute atomic E-state index is 7.85. The molecule has 6 heteroatoms. The molecular formula is C8H12N2O3S. The molecule has 0 spiro atoms. The predicted octanol–water partition coefficient (Wildman–Crippen LogP) is 2.02. The predicted molar refractivity (Wildman–Crippen MR) is 56.5 cm³/mol. The minimum atomic E-state index is 0.447. The van der Waals surface area contributed by atoms with Crippen LogP contribution in [-0.2, 0) is 9.37 Å². The molecule has 0 amide bonds. The largest absolute Gasteiger partial charge is 0.398 e. The molecule has 1 aromatic rings. The van der Waals surface area contributed by atoms with Gasteiger partial charge in [-0.25, -0.2) is 5.26 Å². The van der Waals surface area contributed by atoms with Gasteiger partial charge in [-0.15, -0.1) is 4.33 Å². The van der Waals surface area contributed by atoms with E-state index in [2.05, 4.69) is 14.7 Å². The van der Waals surface area contributed by atoms with Crippen molar-refractivity contribution in [1.29, 1.82) is 0 Å². The molecule has 0 aliphatic rings. The molecule has 78 valence electrons. The Morgan fingerprint density at radius 1 is 1.57 bits per heavy atom. The molecule has 0 aliphatic heterocycles. The van der Waals surface area contributed by atoms with Crippen LogP contribution in [-0.4, -0.2) is 11.1 Å². The van der Waals surface area contributed by atoms with Crippen molar-refractivity contribution in [1.82, 2.24) is 0 Å². The van der Waals surface area contributed by atoms with E-state index in [0.717, 1.165) is 29.0 Å². The standard InChI is InChI=1S/C8H12N2O3S/c1-6-2-3-7(4-8(6)9)10-5-14-13-12-11/h2-4,10-11H,5,9H2,1H3. The Morgan fingerprint density at radius 3 is 3.00 bits per heavy atom. The second-order valence-corrected chi connectivity index (χ2v) is 3.31. The van der Waals surface area contributed by atoms with E-state index in [9.17, 15) is 0 Å². The minimum Gasteiger partial charge on any atom is -0.398 e. The first kappa shape index (κ1) is 11.1. The van der Waals surface area contributed by atoms with Crippen LogP contribution in [0.25, 0.3) is 0 Å². The molecule has 0 atom stereocenters.